The predicted octanol–water partition coefficient (Wildman–Crippen LogP) is 9.47. The first kappa shape index (κ1) is 27.1. The van der Waals surface area contributed by atoms with Gasteiger partial charge in [-0.2, -0.15) is 0 Å². The molecule has 198 valence electrons. The first-order chi connectivity index (χ1) is 18.1. The standard InChI is InChI=1S/2C11H13NO.C10H11NO/c1-7(2)11-12-9-6-8(3)4-5-10(9)13-11;1-7(2)11-12-9-5-4-8(3)6-10(9)13-11;1-7(2)10-11-8-5-3-4-6-9(8)12-10/h2*4-7H,1-3H3;3-7H,1-2H3. The summed E-state index contributed by atoms with van der Waals surface area (Å²) < 4.78 is 16.7. The number of fused-ring (bicyclic) bond motifs is 3. The van der Waals surface area contributed by atoms with E-state index in [0.717, 1.165) is 51.0 Å². The molecule has 0 amide bonds. The Morgan fingerprint density at radius 3 is 1.50 bits per heavy atom. The largest absolute Gasteiger partial charge is 0.440 e. The van der Waals surface area contributed by atoms with Gasteiger partial charge in [-0.15, -0.1) is 0 Å². The number of aryl methyl sites for hydroxylation is 2. The van der Waals surface area contributed by atoms with Crippen molar-refractivity contribution in [3.8, 4) is 0 Å². The number of para-hydroxylation sites is 2. The molecule has 3 aromatic carbocycles. The highest BCUT2D eigenvalue weighted by atomic mass is 16.4. The van der Waals surface area contributed by atoms with Gasteiger partial charge in [0.05, 0.1) is 0 Å². The van der Waals surface area contributed by atoms with Gasteiger partial charge in [0.15, 0.2) is 34.4 Å². The third-order valence-electron chi connectivity index (χ3n) is 5.91. The molecule has 0 saturated carbocycles. The molecular weight excluding hydrogens is 474 g/mol. The minimum Gasteiger partial charge on any atom is -0.440 e. The molecule has 6 aromatic rings. The third kappa shape index (κ3) is 6.49. The lowest BCUT2D eigenvalue weighted by Gasteiger charge is -1.93. The molecule has 0 aliphatic heterocycles. The molecule has 0 N–H and O–H groups in total. The fraction of sp³-hybridized carbons (Fsp3) is 0.344. The van der Waals surface area contributed by atoms with Crippen LogP contribution in [0.4, 0.5) is 0 Å². The molecule has 6 heteroatoms. The van der Waals surface area contributed by atoms with Crippen LogP contribution in [0.15, 0.2) is 73.9 Å². The van der Waals surface area contributed by atoms with Gasteiger partial charge in [0.25, 0.3) is 0 Å². The Hall–Kier alpha value is -3.93. The zero-order valence-corrected chi connectivity index (χ0v) is 23.6. The van der Waals surface area contributed by atoms with Gasteiger partial charge < -0.3 is 13.3 Å². The quantitative estimate of drug-likeness (QED) is 0.235. The monoisotopic (exact) mass is 511 g/mol. The van der Waals surface area contributed by atoms with E-state index in [2.05, 4.69) is 76.4 Å². The second-order valence-corrected chi connectivity index (χ2v) is 10.5. The number of oxazole rings is 3. The number of rotatable bonds is 3. The van der Waals surface area contributed by atoms with E-state index in [9.17, 15) is 0 Å². The van der Waals surface area contributed by atoms with Gasteiger partial charge in [0, 0.05) is 17.8 Å². The molecule has 0 fully saturated rings. The van der Waals surface area contributed by atoms with Crippen molar-refractivity contribution in [1.29, 1.82) is 0 Å². The van der Waals surface area contributed by atoms with Crippen LogP contribution >= 0.6 is 0 Å². The highest BCUT2D eigenvalue weighted by Crippen LogP contribution is 2.23. The molecule has 3 aromatic heterocycles. The van der Waals surface area contributed by atoms with Crippen LogP contribution in [0.25, 0.3) is 33.3 Å². The normalized spacial score (nSPS) is 11.3. The van der Waals surface area contributed by atoms with Crippen molar-refractivity contribution >= 4 is 33.3 Å². The Kier molecular flexibility index (Phi) is 8.30. The van der Waals surface area contributed by atoms with Crippen molar-refractivity contribution in [3.63, 3.8) is 0 Å². The van der Waals surface area contributed by atoms with Crippen LogP contribution in [0.5, 0.6) is 0 Å². The van der Waals surface area contributed by atoms with E-state index in [1.54, 1.807) is 0 Å². The van der Waals surface area contributed by atoms with Crippen LogP contribution in [0.2, 0.25) is 0 Å². The minimum absolute atomic E-state index is 0.354. The van der Waals surface area contributed by atoms with Gasteiger partial charge in [-0.3, -0.25) is 0 Å². The number of hydrogen-bond donors (Lipinski definition) is 0. The number of nitrogens with zero attached hydrogens (tertiary/aromatic N) is 3. The lowest BCUT2D eigenvalue weighted by molar-refractivity contribution is 0.501. The molecule has 0 radical (unpaired) electrons. The van der Waals surface area contributed by atoms with Gasteiger partial charge in [0.2, 0.25) is 0 Å². The summed E-state index contributed by atoms with van der Waals surface area (Å²) in [5.41, 5.74) is 7.94. The van der Waals surface area contributed by atoms with Crippen molar-refractivity contribution in [2.75, 3.05) is 0 Å². The molecule has 6 rings (SSSR count). The van der Waals surface area contributed by atoms with Crippen molar-refractivity contribution in [2.24, 2.45) is 0 Å². The fourth-order valence-electron chi connectivity index (χ4n) is 3.74. The first-order valence-corrected chi connectivity index (χ1v) is 13.2. The highest BCUT2D eigenvalue weighted by molar-refractivity contribution is 5.74. The summed E-state index contributed by atoms with van der Waals surface area (Å²) in [6.45, 7) is 16.6. The van der Waals surface area contributed by atoms with Gasteiger partial charge >= 0.3 is 0 Å². The summed E-state index contributed by atoms with van der Waals surface area (Å²) in [6.07, 6.45) is 0. The molecule has 6 nitrogen and oxygen atoms in total. The Morgan fingerprint density at radius 1 is 0.474 bits per heavy atom. The van der Waals surface area contributed by atoms with Gasteiger partial charge in [-0.05, 0) is 61.4 Å². The topological polar surface area (TPSA) is 78.1 Å². The Morgan fingerprint density at radius 2 is 0.921 bits per heavy atom. The third-order valence-corrected chi connectivity index (χ3v) is 5.91. The maximum absolute atomic E-state index is 5.60. The van der Waals surface area contributed by atoms with Gasteiger partial charge in [-0.25, -0.2) is 15.0 Å². The fourth-order valence-corrected chi connectivity index (χ4v) is 3.74. The van der Waals surface area contributed by atoms with E-state index >= 15 is 0 Å². The van der Waals surface area contributed by atoms with Crippen molar-refractivity contribution in [1.82, 2.24) is 15.0 Å². The Labute approximate surface area is 224 Å². The smallest absolute Gasteiger partial charge is 0.198 e. The average Bonchev–Trinajstić information content (AvgIpc) is 3.60. The van der Waals surface area contributed by atoms with E-state index < -0.39 is 0 Å². The van der Waals surface area contributed by atoms with E-state index in [1.165, 1.54) is 11.1 Å². The first-order valence-electron chi connectivity index (χ1n) is 13.2. The summed E-state index contributed by atoms with van der Waals surface area (Å²) in [7, 11) is 0. The van der Waals surface area contributed by atoms with Gasteiger partial charge in [0.1, 0.15) is 16.6 Å². The molecule has 0 aliphatic carbocycles. The van der Waals surface area contributed by atoms with Crippen molar-refractivity contribution < 1.29 is 13.3 Å². The van der Waals surface area contributed by atoms with Crippen LogP contribution in [0, 0.1) is 13.8 Å². The lowest BCUT2D eigenvalue weighted by atomic mass is 10.2. The van der Waals surface area contributed by atoms with E-state index in [1.807, 2.05) is 54.6 Å². The highest BCUT2D eigenvalue weighted by Gasteiger charge is 2.10. The molecule has 0 saturated heterocycles. The number of benzene rings is 3. The molecular formula is C32H37N3O3. The lowest BCUT2D eigenvalue weighted by Crippen LogP contribution is -1.84. The molecule has 38 heavy (non-hydrogen) atoms. The second-order valence-electron chi connectivity index (χ2n) is 10.5. The summed E-state index contributed by atoms with van der Waals surface area (Å²) in [5.74, 6) is 3.52. The molecule has 3 heterocycles. The number of aromatic nitrogens is 3. The van der Waals surface area contributed by atoms with Crippen LogP contribution in [-0.2, 0) is 0 Å². The van der Waals surface area contributed by atoms with E-state index in [0.29, 0.717) is 17.8 Å². The average molecular weight is 512 g/mol. The van der Waals surface area contributed by atoms with E-state index in [4.69, 9.17) is 13.3 Å². The molecule has 0 aliphatic rings. The molecule has 0 atom stereocenters. The van der Waals surface area contributed by atoms with Gasteiger partial charge in [-0.1, -0.05) is 65.8 Å². The van der Waals surface area contributed by atoms with E-state index in [-0.39, 0.29) is 0 Å². The van der Waals surface area contributed by atoms with Crippen molar-refractivity contribution in [3.05, 3.63) is 89.5 Å². The zero-order valence-electron chi connectivity index (χ0n) is 23.6. The van der Waals surface area contributed by atoms with Crippen LogP contribution in [0.1, 0.15) is 88.1 Å². The molecule has 0 bridgehead atoms. The predicted molar refractivity (Wildman–Crippen MR) is 154 cm³/mol. The molecule has 0 unspecified atom stereocenters. The zero-order chi connectivity index (χ0) is 27.4. The van der Waals surface area contributed by atoms with Crippen molar-refractivity contribution in [2.45, 2.75) is 73.1 Å². The second kappa shape index (κ2) is 11.6. The summed E-state index contributed by atoms with van der Waals surface area (Å²) in [6, 6.07) is 20.0. The van der Waals surface area contributed by atoms with Crippen LogP contribution < -0.4 is 0 Å². The maximum Gasteiger partial charge on any atom is 0.198 e. The number of hydrogen-bond acceptors (Lipinski definition) is 6. The summed E-state index contributed by atoms with van der Waals surface area (Å²) in [5, 5.41) is 0. The summed E-state index contributed by atoms with van der Waals surface area (Å²) >= 11 is 0. The van der Waals surface area contributed by atoms with Crippen LogP contribution in [0.3, 0.4) is 0 Å². The Bertz CT molecular complexity index is 1520. The Balaban J connectivity index is 0.000000133. The van der Waals surface area contributed by atoms with Crippen LogP contribution in [-0.4, -0.2) is 15.0 Å². The molecule has 0 spiro atoms. The minimum atomic E-state index is 0.354. The summed E-state index contributed by atoms with van der Waals surface area (Å²) in [4.78, 5) is 13.1. The SMILES string of the molecule is CC(C)c1nc2ccccc2o1.Cc1ccc2nc(C(C)C)oc2c1.Cc1ccc2oc(C(C)C)nc2c1. The maximum atomic E-state index is 5.60.